The van der Waals surface area contributed by atoms with E-state index in [4.69, 9.17) is 5.26 Å². The second-order valence-electron chi connectivity index (χ2n) is 3.41. The molecule has 1 aliphatic carbocycles. The maximum Gasteiger partial charge on any atom is 0.0779 e. The van der Waals surface area contributed by atoms with Crippen LogP contribution < -0.4 is 0 Å². The van der Waals surface area contributed by atoms with Crippen LogP contribution in [0, 0.1) is 17.2 Å². The predicted molar refractivity (Wildman–Crippen MR) is 38.2 cm³/mol. The van der Waals surface area contributed by atoms with E-state index in [9.17, 15) is 5.11 Å². The Labute approximate surface area is 61.5 Å². The first-order valence-corrected chi connectivity index (χ1v) is 3.76. The molecule has 0 radical (unpaired) electrons. The van der Waals surface area contributed by atoms with Crippen molar-refractivity contribution in [2.45, 2.75) is 38.2 Å². The highest BCUT2D eigenvalue weighted by atomic mass is 16.3. The molecule has 1 aliphatic rings. The molecule has 0 heterocycles. The van der Waals surface area contributed by atoms with Crippen molar-refractivity contribution >= 4 is 0 Å². The van der Waals surface area contributed by atoms with Crippen molar-refractivity contribution < 1.29 is 5.11 Å². The second-order valence-corrected chi connectivity index (χ2v) is 3.41. The van der Waals surface area contributed by atoms with Crippen LogP contribution >= 0.6 is 0 Å². The summed E-state index contributed by atoms with van der Waals surface area (Å²) in [5, 5.41) is 18.0. The van der Waals surface area contributed by atoms with Gasteiger partial charge in [0.1, 0.15) is 0 Å². The van der Waals surface area contributed by atoms with Crippen molar-refractivity contribution in [3.05, 3.63) is 0 Å². The normalized spacial score (nSPS) is 39.5. The molecular formula is C8H13NO. The summed E-state index contributed by atoms with van der Waals surface area (Å²) in [6.45, 7) is 2.12. The fourth-order valence-corrected chi connectivity index (χ4v) is 1.68. The number of rotatable bonds is 1. The maximum atomic E-state index is 9.64. The zero-order valence-corrected chi connectivity index (χ0v) is 6.30. The van der Waals surface area contributed by atoms with Crippen molar-refractivity contribution in [3.63, 3.8) is 0 Å². The van der Waals surface area contributed by atoms with Gasteiger partial charge in [-0.3, -0.25) is 0 Å². The summed E-state index contributed by atoms with van der Waals surface area (Å²) in [6.07, 6.45) is 2.98. The van der Waals surface area contributed by atoms with Gasteiger partial charge in [0.15, 0.2) is 0 Å². The highest BCUT2D eigenvalue weighted by molar-refractivity contribution is 4.94. The smallest absolute Gasteiger partial charge is 0.0779 e. The summed E-state index contributed by atoms with van der Waals surface area (Å²) in [5.74, 6) is 0.596. The molecule has 2 heteroatoms. The van der Waals surface area contributed by atoms with Gasteiger partial charge in [0, 0.05) is 0 Å². The molecule has 0 amide bonds. The van der Waals surface area contributed by atoms with Gasteiger partial charge in [0.05, 0.1) is 18.1 Å². The van der Waals surface area contributed by atoms with E-state index in [1.54, 1.807) is 0 Å². The number of hydrogen-bond acceptors (Lipinski definition) is 2. The minimum Gasteiger partial charge on any atom is -0.389 e. The number of nitriles is 1. The van der Waals surface area contributed by atoms with Crippen LogP contribution in [0.1, 0.15) is 32.6 Å². The van der Waals surface area contributed by atoms with E-state index in [2.05, 4.69) is 6.92 Å². The van der Waals surface area contributed by atoms with Crippen LogP contribution in [0.4, 0.5) is 0 Å². The Morgan fingerprint density at radius 3 is 2.90 bits per heavy atom. The Balaban J connectivity index is 2.48. The molecule has 10 heavy (non-hydrogen) atoms. The second kappa shape index (κ2) is 2.59. The monoisotopic (exact) mass is 139 g/mol. The van der Waals surface area contributed by atoms with Crippen molar-refractivity contribution in [1.29, 1.82) is 5.26 Å². The lowest BCUT2D eigenvalue weighted by atomic mass is 9.98. The molecular weight excluding hydrogens is 126 g/mol. The van der Waals surface area contributed by atoms with E-state index in [-0.39, 0.29) is 0 Å². The molecule has 2 unspecified atom stereocenters. The summed E-state index contributed by atoms with van der Waals surface area (Å²) < 4.78 is 0. The zero-order valence-electron chi connectivity index (χ0n) is 6.30. The predicted octanol–water partition coefficient (Wildman–Crippen LogP) is 1.45. The van der Waals surface area contributed by atoms with E-state index in [1.165, 1.54) is 0 Å². The first-order valence-electron chi connectivity index (χ1n) is 3.76. The van der Waals surface area contributed by atoms with Crippen LogP contribution in [0.2, 0.25) is 0 Å². The van der Waals surface area contributed by atoms with Crippen LogP contribution in [0.3, 0.4) is 0 Å². The Morgan fingerprint density at radius 1 is 1.80 bits per heavy atom. The fraction of sp³-hybridized carbons (Fsp3) is 0.875. The Kier molecular flexibility index (Phi) is 1.96. The molecule has 0 aliphatic heterocycles. The molecule has 2 nitrogen and oxygen atoms in total. The number of nitrogens with zero attached hydrogens (tertiary/aromatic N) is 1. The van der Waals surface area contributed by atoms with Crippen molar-refractivity contribution in [3.8, 4) is 6.07 Å². The summed E-state index contributed by atoms with van der Waals surface area (Å²) in [5.41, 5.74) is -0.645. The van der Waals surface area contributed by atoms with E-state index < -0.39 is 5.60 Å². The lowest BCUT2D eigenvalue weighted by molar-refractivity contribution is 0.0491. The largest absolute Gasteiger partial charge is 0.389 e. The Morgan fingerprint density at radius 2 is 2.50 bits per heavy atom. The minimum atomic E-state index is -0.645. The average molecular weight is 139 g/mol. The molecule has 0 spiro atoms. The van der Waals surface area contributed by atoms with Crippen LogP contribution in [0.25, 0.3) is 0 Å². The van der Waals surface area contributed by atoms with Gasteiger partial charge in [0.2, 0.25) is 0 Å². The van der Waals surface area contributed by atoms with E-state index in [1.807, 2.05) is 6.07 Å². The third-order valence-electron chi connectivity index (χ3n) is 2.24. The van der Waals surface area contributed by atoms with Gasteiger partial charge in [0.25, 0.3) is 0 Å². The molecule has 1 rings (SSSR count). The van der Waals surface area contributed by atoms with E-state index >= 15 is 0 Å². The highest BCUT2D eigenvalue weighted by Crippen LogP contribution is 2.35. The molecule has 0 saturated heterocycles. The minimum absolute atomic E-state index is 0.303. The number of hydrogen-bond donors (Lipinski definition) is 1. The molecule has 0 aromatic rings. The lowest BCUT2D eigenvalue weighted by Gasteiger charge is -2.17. The fourth-order valence-electron chi connectivity index (χ4n) is 1.68. The lowest BCUT2D eigenvalue weighted by Crippen LogP contribution is -2.23. The SMILES string of the molecule is CC1CCC(O)(CC#N)C1. The molecule has 1 N–H and O–H groups in total. The summed E-state index contributed by atoms with van der Waals surface area (Å²) in [4.78, 5) is 0. The molecule has 56 valence electrons. The number of aliphatic hydroxyl groups is 1. The zero-order chi connectivity index (χ0) is 7.61. The first-order chi connectivity index (χ1) is 4.66. The highest BCUT2D eigenvalue weighted by Gasteiger charge is 2.34. The third kappa shape index (κ3) is 1.48. The standard InChI is InChI=1S/C8H13NO/c1-7-2-3-8(10,6-7)4-5-9/h7,10H,2-4,6H2,1H3. The van der Waals surface area contributed by atoms with Gasteiger partial charge in [-0.05, 0) is 25.2 Å². The average Bonchev–Trinajstić information content (AvgIpc) is 2.12. The van der Waals surface area contributed by atoms with Crippen molar-refractivity contribution in [1.82, 2.24) is 0 Å². The third-order valence-corrected chi connectivity index (χ3v) is 2.24. The topological polar surface area (TPSA) is 44.0 Å². The van der Waals surface area contributed by atoms with Gasteiger partial charge < -0.3 is 5.11 Å². The van der Waals surface area contributed by atoms with Gasteiger partial charge in [-0.15, -0.1) is 0 Å². The Hall–Kier alpha value is -0.550. The summed E-state index contributed by atoms with van der Waals surface area (Å²) in [6, 6.07) is 2.02. The molecule has 1 fully saturated rings. The maximum absolute atomic E-state index is 9.64. The Bertz CT molecular complexity index is 161. The van der Waals surface area contributed by atoms with Gasteiger partial charge >= 0.3 is 0 Å². The quantitative estimate of drug-likeness (QED) is 0.597. The molecule has 0 bridgehead atoms. The van der Waals surface area contributed by atoms with Crippen molar-refractivity contribution in [2.75, 3.05) is 0 Å². The van der Waals surface area contributed by atoms with Crippen molar-refractivity contribution in [2.24, 2.45) is 5.92 Å². The molecule has 0 aromatic carbocycles. The van der Waals surface area contributed by atoms with Crippen LogP contribution in [0.5, 0.6) is 0 Å². The van der Waals surface area contributed by atoms with Crippen LogP contribution in [0.15, 0.2) is 0 Å². The van der Waals surface area contributed by atoms with Crippen LogP contribution in [-0.2, 0) is 0 Å². The summed E-state index contributed by atoms with van der Waals surface area (Å²) in [7, 11) is 0. The van der Waals surface area contributed by atoms with Gasteiger partial charge in [-0.25, -0.2) is 0 Å². The molecule has 1 saturated carbocycles. The molecule has 2 atom stereocenters. The van der Waals surface area contributed by atoms with Crippen LogP contribution in [-0.4, -0.2) is 10.7 Å². The van der Waals surface area contributed by atoms with Gasteiger partial charge in [-0.2, -0.15) is 5.26 Å². The van der Waals surface area contributed by atoms with E-state index in [0.29, 0.717) is 12.3 Å². The van der Waals surface area contributed by atoms with E-state index in [0.717, 1.165) is 19.3 Å². The van der Waals surface area contributed by atoms with Gasteiger partial charge in [-0.1, -0.05) is 6.92 Å². The molecule has 0 aromatic heterocycles. The first kappa shape index (κ1) is 7.56. The summed E-state index contributed by atoms with van der Waals surface area (Å²) >= 11 is 0.